The van der Waals surface area contributed by atoms with Gasteiger partial charge in [-0.25, -0.2) is 0 Å². The molecule has 0 unspecified atom stereocenters. The zero-order valence-corrected chi connectivity index (χ0v) is 16.4. The average molecular weight is 379 g/mol. The molecule has 0 aliphatic carbocycles. The van der Waals surface area contributed by atoms with Crippen LogP contribution < -0.4 is 0 Å². The van der Waals surface area contributed by atoms with Crippen molar-refractivity contribution in [2.45, 2.75) is 26.3 Å². The molecule has 1 aliphatic rings. The molecule has 0 amide bonds. The molecule has 27 heavy (non-hydrogen) atoms. The zero-order valence-electron chi connectivity index (χ0n) is 15.6. The Bertz CT molecular complexity index is 942. The van der Waals surface area contributed by atoms with Gasteiger partial charge in [0.2, 0.25) is 0 Å². The van der Waals surface area contributed by atoms with E-state index in [-0.39, 0.29) is 0 Å². The molecule has 0 spiro atoms. The van der Waals surface area contributed by atoms with Crippen molar-refractivity contribution in [3.63, 3.8) is 0 Å². The highest BCUT2D eigenvalue weighted by atomic mass is 35.5. The van der Waals surface area contributed by atoms with Crippen LogP contribution in [0.2, 0.25) is 5.02 Å². The minimum absolute atomic E-state index is 0.564. The fourth-order valence-corrected chi connectivity index (χ4v) is 3.70. The molecule has 0 fully saturated rings. The van der Waals surface area contributed by atoms with Gasteiger partial charge in [0.1, 0.15) is 5.69 Å². The van der Waals surface area contributed by atoms with E-state index >= 15 is 0 Å². The van der Waals surface area contributed by atoms with E-state index in [1.807, 2.05) is 48.8 Å². The monoisotopic (exact) mass is 378 g/mol. The van der Waals surface area contributed by atoms with Gasteiger partial charge in [-0.05, 0) is 55.7 Å². The van der Waals surface area contributed by atoms with Gasteiger partial charge >= 0.3 is 0 Å². The van der Waals surface area contributed by atoms with E-state index in [4.69, 9.17) is 11.6 Å². The molecule has 0 saturated carbocycles. The van der Waals surface area contributed by atoms with Crippen molar-refractivity contribution < 1.29 is 0 Å². The van der Waals surface area contributed by atoms with Gasteiger partial charge in [0.25, 0.3) is 0 Å². The third kappa shape index (κ3) is 3.68. The molecule has 0 saturated heterocycles. The molecule has 1 aliphatic heterocycles. The van der Waals surface area contributed by atoms with Crippen LogP contribution in [0.5, 0.6) is 0 Å². The lowest BCUT2D eigenvalue weighted by Crippen LogP contribution is -2.34. The molecule has 4 nitrogen and oxygen atoms in total. The van der Waals surface area contributed by atoms with Crippen LogP contribution in [0.4, 0.5) is 0 Å². The maximum atomic E-state index is 6.07. The van der Waals surface area contributed by atoms with Gasteiger partial charge in [0.05, 0.1) is 5.69 Å². The van der Waals surface area contributed by atoms with Gasteiger partial charge in [-0.2, -0.15) is 5.10 Å². The summed E-state index contributed by atoms with van der Waals surface area (Å²) in [7, 11) is 0. The van der Waals surface area contributed by atoms with Gasteiger partial charge < -0.3 is 0 Å². The fourth-order valence-electron chi connectivity index (χ4n) is 3.57. The molecule has 138 valence electrons. The first-order valence-electron chi connectivity index (χ1n) is 9.31. The smallest absolute Gasteiger partial charge is 0.101 e. The van der Waals surface area contributed by atoms with Crippen LogP contribution in [0, 0.1) is 0 Å². The molecule has 2 aromatic heterocycles. The second-order valence-corrected chi connectivity index (χ2v) is 7.57. The SMILES string of the molecule is CC(C)N1CC=C(c2[nH]nc(-c3ccc(Cl)cc3)c2-c2ccncc2)CC1. The van der Waals surface area contributed by atoms with Gasteiger partial charge in [-0.15, -0.1) is 0 Å². The van der Waals surface area contributed by atoms with Crippen LogP contribution in [-0.2, 0) is 0 Å². The maximum absolute atomic E-state index is 6.07. The summed E-state index contributed by atoms with van der Waals surface area (Å²) < 4.78 is 0. The Morgan fingerprint density at radius 2 is 1.78 bits per heavy atom. The number of nitrogens with zero attached hydrogens (tertiary/aromatic N) is 3. The predicted molar refractivity (Wildman–Crippen MR) is 112 cm³/mol. The summed E-state index contributed by atoms with van der Waals surface area (Å²) in [6.45, 7) is 6.53. The van der Waals surface area contributed by atoms with Crippen LogP contribution in [0.25, 0.3) is 28.0 Å². The van der Waals surface area contributed by atoms with Crippen molar-refractivity contribution in [2.24, 2.45) is 0 Å². The topological polar surface area (TPSA) is 44.8 Å². The minimum Gasteiger partial charge on any atom is -0.297 e. The van der Waals surface area contributed by atoms with Crippen molar-refractivity contribution in [2.75, 3.05) is 13.1 Å². The molecule has 3 aromatic rings. The Hall–Kier alpha value is -2.43. The standard InChI is InChI=1S/C22H23ClN4/c1-15(2)27-13-9-18(10-14-27)22-20(16-7-11-24-12-8-16)21(25-26-22)17-3-5-19(23)6-4-17/h3-9,11-12,15H,10,13-14H2,1-2H3,(H,25,26). The normalized spacial score (nSPS) is 15.2. The Morgan fingerprint density at radius 3 is 2.41 bits per heavy atom. The molecule has 1 aromatic carbocycles. The zero-order chi connectivity index (χ0) is 18.8. The van der Waals surface area contributed by atoms with E-state index in [2.05, 4.69) is 40.0 Å². The van der Waals surface area contributed by atoms with Crippen LogP contribution >= 0.6 is 11.6 Å². The van der Waals surface area contributed by atoms with Gasteiger partial charge in [0.15, 0.2) is 0 Å². The maximum Gasteiger partial charge on any atom is 0.101 e. The Kier molecular flexibility index (Phi) is 5.10. The number of rotatable bonds is 4. The summed E-state index contributed by atoms with van der Waals surface area (Å²) in [5.74, 6) is 0. The first-order valence-corrected chi connectivity index (χ1v) is 9.69. The van der Waals surface area contributed by atoms with E-state index in [0.29, 0.717) is 6.04 Å². The second kappa shape index (κ2) is 7.67. The van der Waals surface area contributed by atoms with Crippen LogP contribution in [-0.4, -0.2) is 39.2 Å². The highest BCUT2D eigenvalue weighted by Gasteiger charge is 2.22. The Balaban J connectivity index is 1.80. The molecule has 5 heteroatoms. The summed E-state index contributed by atoms with van der Waals surface area (Å²) in [6.07, 6.45) is 6.99. The molecule has 0 atom stereocenters. The van der Waals surface area contributed by atoms with Crippen molar-refractivity contribution in [3.8, 4) is 22.4 Å². The molecular weight excluding hydrogens is 356 g/mol. The van der Waals surface area contributed by atoms with Crippen LogP contribution in [0.3, 0.4) is 0 Å². The molecular formula is C22H23ClN4. The van der Waals surface area contributed by atoms with Crippen molar-refractivity contribution in [1.29, 1.82) is 0 Å². The number of H-pyrrole nitrogens is 1. The van der Waals surface area contributed by atoms with Crippen LogP contribution in [0.1, 0.15) is 26.0 Å². The number of halogens is 1. The van der Waals surface area contributed by atoms with Gasteiger partial charge in [0, 0.05) is 47.7 Å². The van der Waals surface area contributed by atoms with Crippen LogP contribution in [0.15, 0.2) is 54.9 Å². The van der Waals surface area contributed by atoms with Gasteiger partial charge in [-0.3, -0.25) is 15.0 Å². The number of aromatic amines is 1. The van der Waals surface area contributed by atoms with E-state index < -0.39 is 0 Å². The molecule has 3 heterocycles. The van der Waals surface area contributed by atoms with Crippen molar-refractivity contribution in [3.05, 3.63) is 65.6 Å². The number of hydrogen-bond acceptors (Lipinski definition) is 3. The highest BCUT2D eigenvalue weighted by molar-refractivity contribution is 6.30. The third-order valence-corrected chi connectivity index (χ3v) is 5.40. The predicted octanol–water partition coefficient (Wildman–Crippen LogP) is 5.29. The summed E-state index contributed by atoms with van der Waals surface area (Å²) in [5.41, 5.74) is 6.67. The molecule has 4 rings (SSSR count). The number of benzene rings is 1. The summed E-state index contributed by atoms with van der Waals surface area (Å²) >= 11 is 6.07. The highest BCUT2D eigenvalue weighted by Crippen LogP contribution is 2.38. The molecule has 0 bridgehead atoms. The Morgan fingerprint density at radius 1 is 1.04 bits per heavy atom. The van der Waals surface area contributed by atoms with Crippen molar-refractivity contribution in [1.82, 2.24) is 20.1 Å². The van der Waals surface area contributed by atoms with E-state index in [1.165, 1.54) is 5.57 Å². The minimum atomic E-state index is 0.564. The molecule has 1 N–H and O–H groups in total. The first kappa shape index (κ1) is 18.0. The number of nitrogens with one attached hydrogen (secondary N) is 1. The molecule has 0 radical (unpaired) electrons. The number of pyridine rings is 1. The second-order valence-electron chi connectivity index (χ2n) is 7.13. The lowest BCUT2D eigenvalue weighted by atomic mass is 9.94. The Labute approximate surface area is 164 Å². The summed E-state index contributed by atoms with van der Waals surface area (Å²) in [4.78, 5) is 6.65. The number of hydrogen-bond donors (Lipinski definition) is 1. The largest absolute Gasteiger partial charge is 0.297 e. The lowest BCUT2D eigenvalue weighted by molar-refractivity contribution is 0.245. The quantitative estimate of drug-likeness (QED) is 0.670. The van der Waals surface area contributed by atoms with E-state index in [1.54, 1.807) is 0 Å². The third-order valence-electron chi connectivity index (χ3n) is 5.14. The van der Waals surface area contributed by atoms with E-state index in [0.717, 1.165) is 52.6 Å². The van der Waals surface area contributed by atoms with E-state index in [9.17, 15) is 0 Å². The summed E-state index contributed by atoms with van der Waals surface area (Å²) in [5, 5.41) is 8.71. The lowest BCUT2D eigenvalue weighted by Gasteiger charge is -2.29. The van der Waals surface area contributed by atoms with Crippen molar-refractivity contribution >= 4 is 17.2 Å². The van der Waals surface area contributed by atoms with Gasteiger partial charge in [-0.1, -0.05) is 29.8 Å². The number of aromatic nitrogens is 3. The summed E-state index contributed by atoms with van der Waals surface area (Å²) in [6, 6.07) is 12.5. The average Bonchev–Trinajstić information content (AvgIpc) is 3.14. The first-order chi connectivity index (χ1) is 13.1. The fraction of sp³-hybridized carbons (Fsp3) is 0.273.